The van der Waals surface area contributed by atoms with Gasteiger partial charge in [-0.15, -0.1) is 0 Å². The SMILES string of the molecule is O=C(/C=C/c1ccc(F)cc1)c1ccc(NC(=O)c2cn(-c3ccccc3)nc2-c2ccccc2)cc1. The van der Waals surface area contributed by atoms with Gasteiger partial charge in [0.05, 0.1) is 11.3 Å². The highest BCUT2D eigenvalue weighted by Crippen LogP contribution is 2.25. The number of hydrogen-bond acceptors (Lipinski definition) is 3. The van der Waals surface area contributed by atoms with Crippen LogP contribution >= 0.6 is 0 Å². The van der Waals surface area contributed by atoms with Gasteiger partial charge in [-0.25, -0.2) is 9.07 Å². The van der Waals surface area contributed by atoms with Crippen LogP contribution in [0.4, 0.5) is 10.1 Å². The fourth-order valence-electron chi connectivity index (χ4n) is 3.82. The molecule has 0 bridgehead atoms. The van der Waals surface area contributed by atoms with Crippen LogP contribution < -0.4 is 5.32 Å². The molecule has 0 atom stereocenters. The molecule has 5 rings (SSSR count). The number of halogens is 1. The molecule has 1 amide bonds. The first-order valence-electron chi connectivity index (χ1n) is 11.7. The predicted octanol–water partition coefficient (Wildman–Crippen LogP) is 6.83. The molecular formula is C31H22FN3O2. The van der Waals surface area contributed by atoms with E-state index >= 15 is 0 Å². The number of allylic oxidation sites excluding steroid dienone is 1. The lowest BCUT2D eigenvalue weighted by atomic mass is 10.1. The van der Waals surface area contributed by atoms with Crippen LogP contribution in [0.3, 0.4) is 0 Å². The van der Waals surface area contributed by atoms with Crippen molar-refractivity contribution in [2.24, 2.45) is 0 Å². The Labute approximate surface area is 213 Å². The summed E-state index contributed by atoms with van der Waals surface area (Å²) in [7, 11) is 0. The Morgan fingerprint density at radius 2 is 1.43 bits per heavy atom. The standard InChI is InChI=1S/C31H22FN3O2/c32-25-16-11-22(12-17-25)13-20-29(36)23-14-18-26(19-15-23)33-31(37)28-21-35(27-9-5-2-6-10-27)34-30(28)24-7-3-1-4-8-24/h1-21H,(H,33,37)/b20-13+. The lowest BCUT2D eigenvalue weighted by Gasteiger charge is -2.06. The summed E-state index contributed by atoms with van der Waals surface area (Å²) in [6.07, 6.45) is 4.78. The maximum absolute atomic E-state index is 13.3. The van der Waals surface area contributed by atoms with Crippen LogP contribution in [0.1, 0.15) is 26.3 Å². The van der Waals surface area contributed by atoms with E-state index in [1.165, 1.54) is 18.2 Å². The third kappa shape index (κ3) is 5.60. The molecule has 5 nitrogen and oxygen atoms in total. The topological polar surface area (TPSA) is 64.0 Å². The van der Waals surface area contributed by atoms with Crippen molar-refractivity contribution in [3.63, 3.8) is 0 Å². The van der Waals surface area contributed by atoms with Gasteiger partial charge in [0.1, 0.15) is 11.5 Å². The molecule has 1 aromatic heterocycles. The summed E-state index contributed by atoms with van der Waals surface area (Å²) in [5, 5.41) is 7.59. The van der Waals surface area contributed by atoms with E-state index in [1.54, 1.807) is 53.4 Å². The molecule has 4 aromatic carbocycles. The molecule has 0 saturated heterocycles. The molecule has 0 saturated carbocycles. The van der Waals surface area contributed by atoms with Gasteiger partial charge in [0.25, 0.3) is 5.91 Å². The van der Waals surface area contributed by atoms with Gasteiger partial charge in [0.15, 0.2) is 5.78 Å². The molecule has 1 N–H and O–H groups in total. The quantitative estimate of drug-likeness (QED) is 0.202. The Morgan fingerprint density at radius 3 is 2.11 bits per heavy atom. The van der Waals surface area contributed by atoms with Crippen molar-refractivity contribution in [3.05, 3.63) is 144 Å². The minimum atomic E-state index is -0.329. The highest BCUT2D eigenvalue weighted by molar-refractivity contribution is 6.09. The molecule has 1 heterocycles. The summed E-state index contributed by atoms with van der Waals surface area (Å²) in [6, 6.07) is 31.7. The summed E-state index contributed by atoms with van der Waals surface area (Å²) in [6.45, 7) is 0. The van der Waals surface area contributed by atoms with Crippen molar-refractivity contribution in [2.75, 3.05) is 5.32 Å². The fourth-order valence-corrected chi connectivity index (χ4v) is 3.82. The summed E-state index contributed by atoms with van der Waals surface area (Å²) in [5.41, 5.74) is 4.42. The second-order valence-electron chi connectivity index (χ2n) is 8.32. The maximum Gasteiger partial charge on any atom is 0.259 e. The number of rotatable bonds is 7. The van der Waals surface area contributed by atoms with Crippen molar-refractivity contribution in [1.29, 1.82) is 0 Å². The fraction of sp³-hybridized carbons (Fsp3) is 0. The Kier molecular flexibility index (Phi) is 6.81. The number of carbonyl (C=O) groups is 2. The average Bonchev–Trinajstić information content (AvgIpc) is 3.40. The first-order valence-corrected chi connectivity index (χ1v) is 11.7. The van der Waals surface area contributed by atoms with Crippen molar-refractivity contribution in [3.8, 4) is 16.9 Å². The molecule has 6 heteroatoms. The van der Waals surface area contributed by atoms with Crippen LogP contribution in [-0.2, 0) is 0 Å². The molecule has 180 valence electrons. The average molecular weight is 488 g/mol. The van der Waals surface area contributed by atoms with Gasteiger partial charge in [-0.05, 0) is 60.2 Å². The monoisotopic (exact) mass is 487 g/mol. The molecule has 0 aliphatic heterocycles. The number of hydrogen-bond donors (Lipinski definition) is 1. The normalized spacial score (nSPS) is 10.9. The van der Waals surface area contributed by atoms with Gasteiger partial charge in [-0.3, -0.25) is 9.59 Å². The number of amides is 1. The molecule has 5 aromatic rings. The minimum Gasteiger partial charge on any atom is -0.322 e. The molecule has 0 aliphatic carbocycles. The number of anilines is 1. The van der Waals surface area contributed by atoms with Crippen LogP contribution in [0.25, 0.3) is 23.0 Å². The molecule has 0 radical (unpaired) electrons. The van der Waals surface area contributed by atoms with Crippen molar-refractivity contribution < 1.29 is 14.0 Å². The predicted molar refractivity (Wildman–Crippen MR) is 143 cm³/mol. The third-order valence-corrected chi connectivity index (χ3v) is 5.75. The van der Waals surface area contributed by atoms with E-state index in [0.717, 1.165) is 16.8 Å². The first-order chi connectivity index (χ1) is 18.1. The van der Waals surface area contributed by atoms with Crippen LogP contribution in [0.15, 0.2) is 121 Å². The molecule has 0 aliphatic rings. The molecule has 0 unspecified atom stereocenters. The first kappa shape index (κ1) is 23.6. The van der Waals surface area contributed by atoms with Gasteiger partial charge < -0.3 is 5.32 Å². The zero-order valence-electron chi connectivity index (χ0n) is 19.7. The number of aromatic nitrogens is 2. The lowest BCUT2D eigenvalue weighted by Crippen LogP contribution is -2.12. The Balaban J connectivity index is 1.35. The van der Waals surface area contributed by atoms with E-state index in [-0.39, 0.29) is 17.5 Å². The van der Waals surface area contributed by atoms with Gasteiger partial charge >= 0.3 is 0 Å². The lowest BCUT2D eigenvalue weighted by molar-refractivity contribution is 0.102. The molecular weight excluding hydrogens is 465 g/mol. The van der Waals surface area contributed by atoms with E-state index < -0.39 is 0 Å². The van der Waals surface area contributed by atoms with Gasteiger partial charge in [-0.1, -0.05) is 66.7 Å². The van der Waals surface area contributed by atoms with Crippen molar-refractivity contribution in [1.82, 2.24) is 9.78 Å². The van der Waals surface area contributed by atoms with E-state index in [4.69, 9.17) is 0 Å². The highest BCUT2D eigenvalue weighted by Gasteiger charge is 2.19. The molecule has 0 fully saturated rings. The number of ketones is 1. The van der Waals surface area contributed by atoms with Gasteiger partial charge in [0.2, 0.25) is 0 Å². The summed E-state index contributed by atoms with van der Waals surface area (Å²) in [4.78, 5) is 25.8. The highest BCUT2D eigenvalue weighted by atomic mass is 19.1. The zero-order valence-corrected chi connectivity index (χ0v) is 19.7. The number of benzene rings is 4. The Morgan fingerprint density at radius 1 is 0.784 bits per heavy atom. The van der Waals surface area contributed by atoms with E-state index in [9.17, 15) is 14.0 Å². The van der Waals surface area contributed by atoms with Crippen molar-refractivity contribution in [2.45, 2.75) is 0 Å². The van der Waals surface area contributed by atoms with Crippen LogP contribution in [0, 0.1) is 5.82 Å². The van der Waals surface area contributed by atoms with Gasteiger partial charge in [-0.2, -0.15) is 5.10 Å². The van der Waals surface area contributed by atoms with Crippen LogP contribution in [0.5, 0.6) is 0 Å². The van der Waals surface area contributed by atoms with E-state index in [2.05, 4.69) is 10.4 Å². The minimum absolute atomic E-state index is 0.197. The van der Waals surface area contributed by atoms with Gasteiger partial charge in [0, 0.05) is 23.0 Å². The largest absolute Gasteiger partial charge is 0.322 e. The molecule has 0 spiro atoms. The van der Waals surface area contributed by atoms with E-state index in [1.807, 2.05) is 60.7 Å². The van der Waals surface area contributed by atoms with Crippen LogP contribution in [0.2, 0.25) is 0 Å². The Bertz CT molecular complexity index is 1560. The number of para-hydroxylation sites is 1. The number of carbonyl (C=O) groups excluding carboxylic acids is 2. The summed E-state index contributed by atoms with van der Waals surface area (Å²) < 4.78 is 14.7. The Hall–Kier alpha value is -5.10. The van der Waals surface area contributed by atoms with Crippen LogP contribution in [-0.4, -0.2) is 21.5 Å². The molecule has 37 heavy (non-hydrogen) atoms. The summed E-state index contributed by atoms with van der Waals surface area (Å²) >= 11 is 0. The maximum atomic E-state index is 13.3. The smallest absolute Gasteiger partial charge is 0.259 e. The second-order valence-corrected chi connectivity index (χ2v) is 8.32. The van der Waals surface area contributed by atoms with E-state index in [0.29, 0.717) is 22.5 Å². The van der Waals surface area contributed by atoms with Crippen molar-refractivity contribution >= 4 is 23.5 Å². The second kappa shape index (κ2) is 10.7. The zero-order chi connectivity index (χ0) is 25.6. The number of nitrogens with zero attached hydrogens (tertiary/aromatic N) is 2. The third-order valence-electron chi connectivity index (χ3n) is 5.75. The summed E-state index contributed by atoms with van der Waals surface area (Å²) in [5.74, 6) is -0.835. The number of nitrogens with one attached hydrogen (secondary N) is 1.